The Labute approximate surface area is 118 Å². The summed E-state index contributed by atoms with van der Waals surface area (Å²) in [5.74, 6) is -0.227. The Balaban J connectivity index is 1.96. The number of nitrogens with two attached hydrogens (primary N) is 1. The van der Waals surface area contributed by atoms with Crippen molar-refractivity contribution in [2.75, 3.05) is 5.32 Å². The van der Waals surface area contributed by atoms with Crippen molar-refractivity contribution in [1.82, 2.24) is 9.78 Å². The maximum absolute atomic E-state index is 10.7. The molecule has 19 heavy (non-hydrogen) atoms. The van der Waals surface area contributed by atoms with Crippen molar-refractivity contribution in [2.24, 2.45) is 5.73 Å². The van der Waals surface area contributed by atoms with E-state index in [4.69, 9.17) is 5.73 Å². The van der Waals surface area contributed by atoms with Gasteiger partial charge in [-0.2, -0.15) is 5.10 Å². The molecule has 1 amide bonds. The highest BCUT2D eigenvalue weighted by Crippen LogP contribution is 2.24. The molecule has 0 aliphatic carbocycles. The maximum Gasteiger partial charge on any atom is 0.239 e. The summed E-state index contributed by atoms with van der Waals surface area (Å²) in [7, 11) is 0. The average molecular weight is 325 g/mol. The number of halogens is 1. The molecule has 6 nitrogen and oxygen atoms in total. The van der Waals surface area contributed by atoms with Gasteiger partial charge in [0.05, 0.1) is 16.4 Å². The zero-order valence-corrected chi connectivity index (χ0v) is 11.6. The first kappa shape index (κ1) is 13.4. The van der Waals surface area contributed by atoms with Crippen molar-refractivity contribution in [2.45, 2.75) is 13.1 Å². The summed E-state index contributed by atoms with van der Waals surface area (Å²) in [4.78, 5) is 10.7. The minimum atomic E-state index is -0.433. The van der Waals surface area contributed by atoms with Gasteiger partial charge in [-0.3, -0.25) is 9.48 Å². The van der Waals surface area contributed by atoms with Gasteiger partial charge in [-0.1, -0.05) is 6.07 Å². The van der Waals surface area contributed by atoms with Crippen LogP contribution < -0.4 is 11.1 Å². The Hall–Kier alpha value is -2.02. The Bertz CT molecular complexity index is 597. The number of rotatable bonds is 5. The molecule has 0 aliphatic rings. The molecule has 0 saturated heterocycles. The molecule has 0 radical (unpaired) electrons. The molecule has 1 heterocycles. The smallest absolute Gasteiger partial charge is 0.239 e. The average Bonchev–Trinajstić information content (AvgIpc) is 2.77. The second-order valence-corrected chi connectivity index (χ2v) is 4.89. The quantitative estimate of drug-likeness (QED) is 0.776. The molecule has 0 unspecified atom stereocenters. The van der Waals surface area contributed by atoms with Gasteiger partial charge in [0, 0.05) is 12.7 Å². The Morgan fingerprint density at radius 2 is 2.32 bits per heavy atom. The van der Waals surface area contributed by atoms with Gasteiger partial charge < -0.3 is 16.2 Å². The lowest BCUT2D eigenvalue weighted by atomic mass is 10.2. The third kappa shape index (κ3) is 3.72. The maximum atomic E-state index is 10.7. The van der Waals surface area contributed by atoms with E-state index in [2.05, 4.69) is 26.3 Å². The monoisotopic (exact) mass is 324 g/mol. The predicted octanol–water partition coefficient (Wildman–Crippen LogP) is 1.45. The lowest BCUT2D eigenvalue weighted by molar-refractivity contribution is -0.118. The van der Waals surface area contributed by atoms with Crippen LogP contribution in [0.1, 0.15) is 5.56 Å². The summed E-state index contributed by atoms with van der Waals surface area (Å²) in [5.41, 5.74) is 6.88. The SMILES string of the molecule is NC(=O)Cn1cc(NCc2ccc(O)c(Br)c2)cn1. The van der Waals surface area contributed by atoms with Gasteiger partial charge in [0.15, 0.2) is 0 Å². The number of phenols is 1. The molecule has 4 N–H and O–H groups in total. The molecule has 0 bridgehead atoms. The number of benzene rings is 1. The van der Waals surface area contributed by atoms with Crippen molar-refractivity contribution in [3.8, 4) is 5.75 Å². The van der Waals surface area contributed by atoms with Crippen LogP contribution in [-0.4, -0.2) is 20.8 Å². The summed E-state index contributed by atoms with van der Waals surface area (Å²) in [6.45, 7) is 0.646. The number of nitrogens with zero attached hydrogens (tertiary/aromatic N) is 2. The lowest BCUT2D eigenvalue weighted by Gasteiger charge is -2.05. The Morgan fingerprint density at radius 3 is 3.00 bits per heavy atom. The summed E-state index contributed by atoms with van der Waals surface area (Å²) in [6.07, 6.45) is 3.33. The highest BCUT2D eigenvalue weighted by molar-refractivity contribution is 9.10. The van der Waals surface area contributed by atoms with Gasteiger partial charge >= 0.3 is 0 Å². The molecule has 1 aromatic heterocycles. The van der Waals surface area contributed by atoms with Crippen LogP contribution in [0.5, 0.6) is 5.75 Å². The van der Waals surface area contributed by atoms with E-state index >= 15 is 0 Å². The molecule has 2 aromatic rings. The number of aromatic nitrogens is 2. The molecule has 2 rings (SSSR count). The number of nitrogens with one attached hydrogen (secondary N) is 1. The first-order chi connectivity index (χ1) is 9.04. The third-order valence-corrected chi connectivity index (χ3v) is 3.09. The molecule has 7 heteroatoms. The Kier molecular flexibility index (Phi) is 4.06. The molecule has 0 spiro atoms. The highest BCUT2D eigenvalue weighted by Gasteiger charge is 2.03. The topological polar surface area (TPSA) is 93.2 Å². The lowest BCUT2D eigenvalue weighted by Crippen LogP contribution is -2.18. The van der Waals surface area contributed by atoms with Gasteiger partial charge in [-0.25, -0.2) is 0 Å². The van der Waals surface area contributed by atoms with Crippen LogP contribution in [0, 0.1) is 0 Å². The standard InChI is InChI=1S/C12H13BrN4O2/c13-10-3-8(1-2-11(10)18)4-15-9-5-16-17(6-9)7-12(14)19/h1-3,5-6,15,18H,4,7H2,(H2,14,19). The number of primary amides is 1. The van der Waals surface area contributed by atoms with Gasteiger partial charge in [-0.05, 0) is 33.6 Å². The highest BCUT2D eigenvalue weighted by atomic mass is 79.9. The number of hydrogen-bond acceptors (Lipinski definition) is 4. The molecule has 0 saturated carbocycles. The fourth-order valence-electron chi connectivity index (χ4n) is 1.57. The van der Waals surface area contributed by atoms with E-state index in [-0.39, 0.29) is 12.3 Å². The van der Waals surface area contributed by atoms with Crippen molar-refractivity contribution < 1.29 is 9.90 Å². The molecule has 0 atom stereocenters. The van der Waals surface area contributed by atoms with Crippen molar-refractivity contribution in [3.63, 3.8) is 0 Å². The largest absolute Gasteiger partial charge is 0.507 e. The summed E-state index contributed by atoms with van der Waals surface area (Å²) in [5, 5.41) is 16.6. The van der Waals surface area contributed by atoms with E-state index in [9.17, 15) is 9.90 Å². The van der Waals surface area contributed by atoms with E-state index in [1.165, 1.54) is 4.68 Å². The van der Waals surface area contributed by atoms with Crippen molar-refractivity contribution in [1.29, 1.82) is 0 Å². The van der Waals surface area contributed by atoms with E-state index < -0.39 is 5.91 Å². The normalized spacial score (nSPS) is 10.4. The number of carbonyl (C=O) groups excluding carboxylic acids is 1. The van der Waals surface area contributed by atoms with Gasteiger partial charge in [0.1, 0.15) is 12.3 Å². The molecule has 1 aromatic carbocycles. The fraction of sp³-hybridized carbons (Fsp3) is 0.167. The number of aromatic hydroxyl groups is 1. The number of amides is 1. The van der Waals surface area contributed by atoms with Crippen LogP contribution in [0.4, 0.5) is 5.69 Å². The van der Waals surface area contributed by atoms with Gasteiger partial charge in [-0.15, -0.1) is 0 Å². The zero-order chi connectivity index (χ0) is 13.8. The van der Waals surface area contributed by atoms with E-state index in [0.717, 1.165) is 11.3 Å². The van der Waals surface area contributed by atoms with Crippen LogP contribution in [0.15, 0.2) is 35.1 Å². The summed E-state index contributed by atoms with van der Waals surface area (Å²) >= 11 is 3.26. The second-order valence-electron chi connectivity index (χ2n) is 4.03. The van der Waals surface area contributed by atoms with Gasteiger partial charge in [0.25, 0.3) is 0 Å². The molecule has 0 aliphatic heterocycles. The second kappa shape index (κ2) is 5.75. The number of carbonyl (C=O) groups is 1. The number of phenolic OH excluding ortho intramolecular Hbond substituents is 1. The number of anilines is 1. The molecule has 0 fully saturated rings. The fourth-order valence-corrected chi connectivity index (χ4v) is 1.99. The summed E-state index contributed by atoms with van der Waals surface area (Å²) < 4.78 is 2.12. The summed E-state index contributed by atoms with van der Waals surface area (Å²) in [6, 6.07) is 5.27. The molecular formula is C12H13BrN4O2. The Morgan fingerprint density at radius 1 is 1.53 bits per heavy atom. The first-order valence-electron chi connectivity index (χ1n) is 5.56. The third-order valence-electron chi connectivity index (χ3n) is 2.46. The molecular weight excluding hydrogens is 312 g/mol. The van der Waals surface area contributed by atoms with Crippen LogP contribution in [0.2, 0.25) is 0 Å². The van der Waals surface area contributed by atoms with Crippen LogP contribution in [0.3, 0.4) is 0 Å². The number of hydrogen-bond donors (Lipinski definition) is 3. The zero-order valence-electron chi connectivity index (χ0n) is 10.0. The first-order valence-corrected chi connectivity index (χ1v) is 6.36. The van der Waals surface area contributed by atoms with Crippen molar-refractivity contribution >= 4 is 27.5 Å². The van der Waals surface area contributed by atoms with Crippen LogP contribution in [0.25, 0.3) is 0 Å². The molecule has 100 valence electrons. The minimum absolute atomic E-state index is 0.0619. The van der Waals surface area contributed by atoms with E-state index in [0.29, 0.717) is 11.0 Å². The van der Waals surface area contributed by atoms with Crippen LogP contribution in [-0.2, 0) is 17.9 Å². The minimum Gasteiger partial charge on any atom is -0.507 e. The van der Waals surface area contributed by atoms with E-state index in [1.54, 1.807) is 18.5 Å². The van der Waals surface area contributed by atoms with E-state index in [1.807, 2.05) is 12.1 Å². The van der Waals surface area contributed by atoms with Crippen molar-refractivity contribution in [3.05, 3.63) is 40.6 Å². The van der Waals surface area contributed by atoms with Gasteiger partial charge in [0.2, 0.25) is 5.91 Å². The van der Waals surface area contributed by atoms with Crippen LogP contribution >= 0.6 is 15.9 Å². The predicted molar refractivity (Wildman–Crippen MR) is 74.6 cm³/mol.